The SMILES string of the molecule is Cc1c(S(=O)(=O)N2CCc3nc[nH]c(=O)c3C2)c2ccccc2n1C. The summed E-state index contributed by atoms with van der Waals surface area (Å²) in [6.45, 7) is 2.16. The predicted molar refractivity (Wildman–Crippen MR) is 93.8 cm³/mol. The molecule has 130 valence electrons. The highest BCUT2D eigenvalue weighted by molar-refractivity contribution is 7.89. The predicted octanol–water partition coefficient (Wildman–Crippen LogP) is 1.32. The van der Waals surface area contributed by atoms with Crippen molar-refractivity contribution in [2.45, 2.75) is 24.8 Å². The van der Waals surface area contributed by atoms with Crippen molar-refractivity contribution in [3.63, 3.8) is 0 Å². The van der Waals surface area contributed by atoms with Crippen molar-refractivity contribution in [1.82, 2.24) is 18.8 Å². The summed E-state index contributed by atoms with van der Waals surface area (Å²) in [7, 11) is -1.87. The van der Waals surface area contributed by atoms with Gasteiger partial charge in [-0.15, -0.1) is 0 Å². The fourth-order valence-electron chi connectivity index (χ4n) is 3.48. The van der Waals surface area contributed by atoms with Crippen LogP contribution in [0.4, 0.5) is 0 Å². The largest absolute Gasteiger partial charge is 0.347 e. The molecule has 0 fully saturated rings. The first-order valence-electron chi connectivity index (χ1n) is 8.01. The van der Waals surface area contributed by atoms with E-state index in [0.29, 0.717) is 40.2 Å². The Morgan fingerprint density at radius 2 is 2.00 bits per heavy atom. The Morgan fingerprint density at radius 3 is 2.80 bits per heavy atom. The summed E-state index contributed by atoms with van der Waals surface area (Å²) in [6.07, 6.45) is 1.79. The van der Waals surface area contributed by atoms with E-state index in [0.717, 1.165) is 5.52 Å². The summed E-state index contributed by atoms with van der Waals surface area (Å²) in [4.78, 5) is 19.0. The number of hydrogen-bond donors (Lipinski definition) is 1. The van der Waals surface area contributed by atoms with Gasteiger partial charge in [0.2, 0.25) is 10.0 Å². The zero-order chi connectivity index (χ0) is 17.8. The van der Waals surface area contributed by atoms with Gasteiger partial charge >= 0.3 is 0 Å². The molecule has 0 atom stereocenters. The van der Waals surface area contributed by atoms with Crippen LogP contribution < -0.4 is 5.56 Å². The number of benzene rings is 1. The third kappa shape index (κ3) is 2.32. The molecule has 3 heterocycles. The van der Waals surface area contributed by atoms with Gasteiger partial charge in [0.1, 0.15) is 4.90 Å². The van der Waals surface area contributed by atoms with Gasteiger partial charge in [-0.3, -0.25) is 4.79 Å². The summed E-state index contributed by atoms with van der Waals surface area (Å²) >= 11 is 0. The van der Waals surface area contributed by atoms with Crippen molar-refractivity contribution < 1.29 is 8.42 Å². The van der Waals surface area contributed by atoms with E-state index in [1.807, 2.05) is 35.9 Å². The summed E-state index contributed by atoms with van der Waals surface area (Å²) in [5, 5.41) is 0.702. The number of aromatic nitrogens is 3. The van der Waals surface area contributed by atoms with Crippen LogP contribution in [0.25, 0.3) is 10.9 Å². The molecule has 7 nitrogen and oxygen atoms in total. The average molecular weight is 358 g/mol. The molecule has 1 N–H and O–H groups in total. The minimum atomic E-state index is -3.73. The molecule has 0 unspecified atom stereocenters. The van der Waals surface area contributed by atoms with Crippen LogP contribution in [0.5, 0.6) is 0 Å². The van der Waals surface area contributed by atoms with Crippen molar-refractivity contribution >= 4 is 20.9 Å². The normalized spacial score (nSPS) is 15.4. The number of rotatable bonds is 2. The lowest BCUT2D eigenvalue weighted by atomic mass is 10.1. The van der Waals surface area contributed by atoms with Crippen LogP contribution in [0.15, 0.2) is 40.3 Å². The van der Waals surface area contributed by atoms with Gasteiger partial charge in [-0.2, -0.15) is 4.31 Å². The number of para-hydroxylation sites is 1. The lowest BCUT2D eigenvalue weighted by Crippen LogP contribution is -2.39. The highest BCUT2D eigenvalue weighted by atomic mass is 32.2. The van der Waals surface area contributed by atoms with Gasteiger partial charge in [-0.1, -0.05) is 18.2 Å². The van der Waals surface area contributed by atoms with Crippen molar-refractivity contribution in [2.24, 2.45) is 7.05 Å². The highest BCUT2D eigenvalue weighted by Gasteiger charge is 2.33. The molecule has 25 heavy (non-hydrogen) atoms. The van der Waals surface area contributed by atoms with Gasteiger partial charge in [0.15, 0.2) is 0 Å². The fourth-order valence-corrected chi connectivity index (χ4v) is 5.32. The van der Waals surface area contributed by atoms with E-state index in [4.69, 9.17) is 0 Å². The molecule has 4 rings (SSSR count). The Hall–Kier alpha value is -2.45. The molecular weight excluding hydrogens is 340 g/mol. The van der Waals surface area contributed by atoms with Crippen molar-refractivity contribution in [3.8, 4) is 0 Å². The molecule has 0 amide bonds. The van der Waals surface area contributed by atoms with E-state index >= 15 is 0 Å². The third-order valence-corrected chi connectivity index (χ3v) is 6.93. The highest BCUT2D eigenvalue weighted by Crippen LogP contribution is 2.32. The van der Waals surface area contributed by atoms with E-state index in [1.165, 1.54) is 10.6 Å². The second-order valence-electron chi connectivity index (χ2n) is 6.24. The molecule has 0 saturated carbocycles. The first-order valence-corrected chi connectivity index (χ1v) is 9.45. The standard InChI is InChI=1S/C17H18N4O3S/c1-11-16(12-5-3-4-6-15(12)20(11)2)25(23,24)21-8-7-14-13(9-21)17(22)19-10-18-14/h3-6,10H,7-9H2,1-2H3,(H,18,19,22). The van der Waals surface area contributed by atoms with Crippen LogP contribution in [0, 0.1) is 6.92 Å². The van der Waals surface area contributed by atoms with E-state index in [1.54, 1.807) is 6.92 Å². The van der Waals surface area contributed by atoms with E-state index in [-0.39, 0.29) is 12.1 Å². The first kappa shape index (κ1) is 16.0. The molecule has 0 spiro atoms. The number of aryl methyl sites for hydroxylation is 1. The second kappa shape index (κ2) is 5.53. The Morgan fingerprint density at radius 1 is 1.24 bits per heavy atom. The molecule has 1 aromatic carbocycles. The third-order valence-electron chi connectivity index (χ3n) is 4.91. The lowest BCUT2D eigenvalue weighted by molar-refractivity contribution is 0.385. The molecule has 1 aliphatic rings. The Labute approximate surface area is 145 Å². The van der Waals surface area contributed by atoms with Crippen molar-refractivity contribution in [2.75, 3.05) is 6.54 Å². The molecule has 3 aromatic rings. The Kier molecular flexibility index (Phi) is 3.55. The average Bonchev–Trinajstić information content (AvgIpc) is 2.87. The molecule has 0 bridgehead atoms. The van der Waals surface area contributed by atoms with Gasteiger partial charge < -0.3 is 9.55 Å². The maximum Gasteiger partial charge on any atom is 0.255 e. The molecule has 2 aromatic heterocycles. The van der Waals surface area contributed by atoms with Crippen molar-refractivity contribution in [1.29, 1.82) is 0 Å². The minimum Gasteiger partial charge on any atom is -0.347 e. The zero-order valence-corrected chi connectivity index (χ0v) is 14.8. The quantitative estimate of drug-likeness (QED) is 0.748. The smallest absolute Gasteiger partial charge is 0.255 e. The molecular formula is C17H18N4O3S. The minimum absolute atomic E-state index is 0.0451. The van der Waals surface area contributed by atoms with Gasteiger partial charge in [-0.05, 0) is 13.0 Å². The molecule has 1 aliphatic heterocycles. The number of fused-ring (bicyclic) bond motifs is 2. The fraction of sp³-hybridized carbons (Fsp3) is 0.294. The van der Waals surface area contributed by atoms with Crippen molar-refractivity contribution in [3.05, 3.63) is 57.9 Å². The van der Waals surface area contributed by atoms with Crippen LogP contribution in [0.3, 0.4) is 0 Å². The summed E-state index contributed by atoms with van der Waals surface area (Å²) in [5.41, 5.74) is 2.38. The number of aromatic amines is 1. The van der Waals surface area contributed by atoms with Crippen LogP contribution >= 0.6 is 0 Å². The van der Waals surface area contributed by atoms with Crippen LogP contribution in [0.2, 0.25) is 0 Å². The topological polar surface area (TPSA) is 88.1 Å². The van der Waals surface area contributed by atoms with Gasteiger partial charge in [-0.25, -0.2) is 13.4 Å². The number of H-pyrrole nitrogens is 1. The number of nitrogens with zero attached hydrogens (tertiary/aromatic N) is 3. The molecule has 0 saturated heterocycles. The zero-order valence-electron chi connectivity index (χ0n) is 14.0. The van der Waals surface area contributed by atoms with Gasteiger partial charge in [0, 0.05) is 43.2 Å². The maximum absolute atomic E-state index is 13.3. The summed E-state index contributed by atoms with van der Waals surface area (Å²) < 4.78 is 29.9. The molecule has 0 radical (unpaired) electrons. The Bertz CT molecular complexity index is 1140. The summed E-state index contributed by atoms with van der Waals surface area (Å²) in [6, 6.07) is 7.45. The lowest BCUT2D eigenvalue weighted by Gasteiger charge is -2.26. The molecule has 8 heteroatoms. The Balaban J connectivity index is 1.86. The maximum atomic E-state index is 13.3. The van der Waals surface area contributed by atoms with E-state index < -0.39 is 10.0 Å². The molecule has 0 aliphatic carbocycles. The van der Waals surface area contributed by atoms with Crippen LogP contribution in [-0.2, 0) is 30.0 Å². The summed E-state index contributed by atoms with van der Waals surface area (Å²) in [5.74, 6) is 0. The monoisotopic (exact) mass is 358 g/mol. The van der Waals surface area contributed by atoms with Crippen LogP contribution in [-0.4, -0.2) is 33.8 Å². The van der Waals surface area contributed by atoms with E-state index in [2.05, 4.69) is 9.97 Å². The second-order valence-corrected chi connectivity index (χ2v) is 8.11. The van der Waals surface area contributed by atoms with E-state index in [9.17, 15) is 13.2 Å². The number of hydrogen-bond acceptors (Lipinski definition) is 4. The number of sulfonamides is 1. The number of nitrogens with one attached hydrogen (secondary N) is 1. The van der Waals surface area contributed by atoms with Gasteiger partial charge in [0.05, 0.1) is 17.6 Å². The van der Waals surface area contributed by atoms with Gasteiger partial charge in [0.25, 0.3) is 5.56 Å². The van der Waals surface area contributed by atoms with Crippen LogP contribution in [0.1, 0.15) is 17.0 Å². The first-order chi connectivity index (χ1) is 11.9.